The first kappa shape index (κ1) is 28.0. The molecule has 1 atom stereocenters. The van der Waals surface area contributed by atoms with Crippen LogP contribution in [0.5, 0.6) is 0 Å². The van der Waals surface area contributed by atoms with Crippen LogP contribution in [0.25, 0.3) is 0 Å². The quantitative estimate of drug-likeness (QED) is 0.162. The molecule has 0 rings (SSSR count). The Morgan fingerprint density at radius 2 is 1.19 bits per heavy atom. The third kappa shape index (κ3) is 21.8. The number of hydrogen-bond donors (Lipinski definition) is 3. The summed E-state index contributed by atoms with van der Waals surface area (Å²) < 4.78 is 32.7. The first-order valence-electron chi connectivity index (χ1n) is 10.3. The average Bonchev–Trinajstić information content (AvgIpc) is 2.54. The van der Waals surface area contributed by atoms with E-state index >= 15 is 0 Å². The fourth-order valence-electron chi connectivity index (χ4n) is 2.99. The zero-order valence-electron chi connectivity index (χ0n) is 17.8. The van der Waals surface area contributed by atoms with E-state index in [1.54, 1.807) is 0 Å². The molecule has 0 spiro atoms. The second-order valence-corrected chi connectivity index (χ2v) is 8.50. The van der Waals surface area contributed by atoms with Crippen LogP contribution in [-0.2, 0) is 10.4 Å². The molecule has 3 N–H and O–H groups in total. The van der Waals surface area contributed by atoms with Crippen LogP contribution in [0, 0.1) is 0 Å². The number of nitrogens with one attached hydrogen (secondary N) is 1. The molecule has 6 nitrogen and oxygen atoms in total. The molecular weight excluding hydrogens is 352 g/mol. The first-order valence-corrected chi connectivity index (χ1v) is 11.7. The molecule has 0 radical (unpaired) electrons. The molecule has 160 valence electrons. The van der Waals surface area contributed by atoms with Gasteiger partial charge in [0.2, 0.25) is 0 Å². The summed E-state index contributed by atoms with van der Waals surface area (Å²) in [5, 5.41) is 3.76. The molecule has 0 bridgehead atoms. The van der Waals surface area contributed by atoms with E-state index in [2.05, 4.69) is 40.2 Å². The molecule has 0 aromatic heterocycles. The van der Waals surface area contributed by atoms with Gasteiger partial charge in [0.25, 0.3) is 0 Å². The highest BCUT2D eigenvalue weighted by Gasteiger charge is 2.23. The van der Waals surface area contributed by atoms with Crippen molar-refractivity contribution in [2.75, 3.05) is 27.2 Å². The van der Waals surface area contributed by atoms with E-state index in [4.69, 9.17) is 17.5 Å². The van der Waals surface area contributed by atoms with E-state index in [1.807, 2.05) is 0 Å². The molecule has 0 fully saturated rings. The molecule has 0 aromatic rings. The van der Waals surface area contributed by atoms with E-state index in [0.717, 1.165) is 4.48 Å². The summed E-state index contributed by atoms with van der Waals surface area (Å²) in [7, 11) is -0.000578. The van der Waals surface area contributed by atoms with Gasteiger partial charge in [0, 0.05) is 13.0 Å². The van der Waals surface area contributed by atoms with Crippen molar-refractivity contribution in [3.63, 3.8) is 0 Å². The highest BCUT2D eigenvalue weighted by atomic mass is 32.3. The smallest absolute Gasteiger partial charge is 0.314 e. The molecule has 0 saturated heterocycles. The molecular formula is C19H45N2O4S+. The molecule has 0 aliphatic rings. The van der Waals surface area contributed by atoms with Crippen LogP contribution < -0.4 is 5.32 Å². The molecule has 7 heteroatoms. The Labute approximate surface area is 162 Å². The third-order valence-electron chi connectivity index (χ3n) is 4.96. The predicted molar refractivity (Wildman–Crippen MR) is 111 cm³/mol. The van der Waals surface area contributed by atoms with Gasteiger partial charge < -0.3 is 4.48 Å². The molecule has 1 unspecified atom stereocenters. The van der Waals surface area contributed by atoms with Gasteiger partial charge in [-0.15, -0.1) is 0 Å². The van der Waals surface area contributed by atoms with E-state index in [9.17, 15) is 0 Å². The van der Waals surface area contributed by atoms with Crippen molar-refractivity contribution in [3.05, 3.63) is 0 Å². The predicted octanol–water partition coefficient (Wildman–Crippen LogP) is 4.68. The number of unbranched alkanes of at least 4 members (excludes halogenated alkanes) is 9. The summed E-state index contributed by atoms with van der Waals surface area (Å²) >= 11 is 0. The lowest BCUT2D eigenvalue weighted by Gasteiger charge is -2.37. The van der Waals surface area contributed by atoms with Gasteiger partial charge >= 0.3 is 10.4 Å². The van der Waals surface area contributed by atoms with Crippen molar-refractivity contribution < 1.29 is 22.0 Å². The maximum Gasteiger partial charge on any atom is 0.394 e. The molecule has 0 saturated carbocycles. The maximum absolute atomic E-state index is 8.74. The fraction of sp³-hybridized carbons (Fsp3) is 1.00. The second kappa shape index (κ2) is 16.9. The Morgan fingerprint density at radius 1 is 0.808 bits per heavy atom. The molecule has 0 heterocycles. The standard InChI is InChI=1S/C19H43N2.H2O4S/c1-6-9-10-11-12-13-14-15-16-17-18-20-19(7-2)21(4,5)8-3;1-5(2,3)4/h19-20H,6-18H2,1-5H3;(H2,1,2,3,4)/q+1;. The summed E-state index contributed by atoms with van der Waals surface area (Å²) in [6, 6.07) is 0. The second-order valence-electron chi connectivity index (χ2n) is 7.60. The molecule has 0 aromatic carbocycles. The van der Waals surface area contributed by atoms with Gasteiger partial charge in [0.15, 0.2) is 0 Å². The van der Waals surface area contributed by atoms with Crippen LogP contribution in [0.4, 0.5) is 0 Å². The number of hydrogen-bond acceptors (Lipinski definition) is 3. The SMILES string of the molecule is CCCCCCCCCCCCNC(CC)[N+](C)(C)CC.O=S(=O)(O)O. The van der Waals surface area contributed by atoms with Crippen molar-refractivity contribution in [2.45, 2.75) is 97.6 Å². The van der Waals surface area contributed by atoms with Crippen LogP contribution in [0.15, 0.2) is 0 Å². The number of quaternary nitrogens is 1. The lowest BCUT2D eigenvalue weighted by Crippen LogP contribution is -2.55. The summed E-state index contributed by atoms with van der Waals surface area (Å²) in [4.78, 5) is 0. The van der Waals surface area contributed by atoms with Gasteiger partial charge in [-0.2, -0.15) is 8.42 Å². The zero-order chi connectivity index (χ0) is 20.5. The number of nitrogens with zero attached hydrogens (tertiary/aromatic N) is 1. The van der Waals surface area contributed by atoms with Gasteiger partial charge in [0.05, 0.1) is 20.6 Å². The minimum atomic E-state index is -4.67. The Morgan fingerprint density at radius 3 is 1.54 bits per heavy atom. The topological polar surface area (TPSA) is 86.6 Å². The van der Waals surface area contributed by atoms with E-state index in [1.165, 1.54) is 83.7 Å². The van der Waals surface area contributed by atoms with Crippen LogP contribution in [0.1, 0.15) is 91.4 Å². The molecule has 0 amide bonds. The Bertz CT molecular complexity index is 392. The van der Waals surface area contributed by atoms with Crippen molar-refractivity contribution in [1.82, 2.24) is 5.32 Å². The molecule has 0 aliphatic heterocycles. The van der Waals surface area contributed by atoms with Crippen LogP contribution in [0.3, 0.4) is 0 Å². The zero-order valence-corrected chi connectivity index (χ0v) is 18.7. The van der Waals surface area contributed by atoms with Gasteiger partial charge in [-0.05, 0) is 13.3 Å². The van der Waals surface area contributed by atoms with E-state index in [-0.39, 0.29) is 0 Å². The van der Waals surface area contributed by atoms with Crippen LogP contribution >= 0.6 is 0 Å². The van der Waals surface area contributed by atoms with Gasteiger partial charge in [0.1, 0.15) is 6.17 Å². The number of rotatable bonds is 15. The Hall–Kier alpha value is -0.210. The third-order valence-corrected chi connectivity index (χ3v) is 4.96. The highest BCUT2D eigenvalue weighted by Crippen LogP contribution is 2.11. The van der Waals surface area contributed by atoms with Crippen molar-refractivity contribution in [1.29, 1.82) is 0 Å². The molecule has 26 heavy (non-hydrogen) atoms. The average molecular weight is 398 g/mol. The first-order chi connectivity index (χ1) is 12.1. The largest absolute Gasteiger partial charge is 0.394 e. The minimum Gasteiger partial charge on any atom is -0.314 e. The van der Waals surface area contributed by atoms with Crippen LogP contribution in [-0.4, -0.2) is 55.4 Å². The molecule has 0 aliphatic carbocycles. The Kier molecular flexibility index (Phi) is 18.2. The van der Waals surface area contributed by atoms with E-state index in [0.29, 0.717) is 6.17 Å². The van der Waals surface area contributed by atoms with Crippen molar-refractivity contribution in [2.24, 2.45) is 0 Å². The maximum atomic E-state index is 8.74. The van der Waals surface area contributed by atoms with Crippen molar-refractivity contribution in [3.8, 4) is 0 Å². The van der Waals surface area contributed by atoms with Crippen LogP contribution in [0.2, 0.25) is 0 Å². The van der Waals surface area contributed by atoms with Gasteiger partial charge in [-0.3, -0.25) is 14.4 Å². The normalized spacial score (nSPS) is 13.2. The fourth-order valence-corrected chi connectivity index (χ4v) is 2.99. The van der Waals surface area contributed by atoms with Gasteiger partial charge in [-0.25, -0.2) is 0 Å². The highest BCUT2D eigenvalue weighted by molar-refractivity contribution is 7.79. The monoisotopic (exact) mass is 397 g/mol. The summed E-state index contributed by atoms with van der Waals surface area (Å²) in [6.07, 6.45) is 16.1. The van der Waals surface area contributed by atoms with Crippen molar-refractivity contribution >= 4 is 10.4 Å². The van der Waals surface area contributed by atoms with E-state index < -0.39 is 10.4 Å². The van der Waals surface area contributed by atoms with Gasteiger partial charge in [-0.1, -0.05) is 71.6 Å². The minimum absolute atomic E-state index is 0.619. The summed E-state index contributed by atoms with van der Waals surface area (Å²) in [5.41, 5.74) is 0. The summed E-state index contributed by atoms with van der Waals surface area (Å²) in [6.45, 7) is 9.26. The lowest BCUT2D eigenvalue weighted by atomic mass is 10.1. The summed E-state index contributed by atoms with van der Waals surface area (Å²) in [5.74, 6) is 0. The lowest BCUT2D eigenvalue weighted by molar-refractivity contribution is -0.916. The Balaban J connectivity index is 0.